The van der Waals surface area contributed by atoms with Crippen LogP contribution in [-0.2, 0) is 0 Å². The predicted molar refractivity (Wildman–Crippen MR) is 74.9 cm³/mol. The number of anilines is 1. The van der Waals surface area contributed by atoms with Gasteiger partial charge in [-0.15, -0.1) is 11.3 Å². The van der Waals surface area contributed by atoms with E-state index in [1.165, 1.54) is 4.88 Å². The topological polar surface area (TPSA) is 67.9 Å². The highest BCUT2D eigenvalue weighted by atomic mass is 32.1. The van der Waals surface area contributed by atoms with Crippen molar-refractivity contribution in [2.75, 3.05) is 25.0 Å². The third-order valence-electron chi connectivity index (χ3n) is 2.59. The lowest BCUT2D eigenvalue weighted by Crippen LogP contribution is -2.26. The fourth-order valence-electron chi connectivity index (χ4n) is 1.72. The number of nitrogens with zero attached hydrogens (tertiary/aromatic N) is 4. The summed E-state index contributed by atoms with van der Waals surface area (Å²) in [5.74, 6) is 0.683. The van der Waals surface area contributed by atoms with Crippen LogP contribution in [0, 0.1) is 13.8 Å². The number of rotatable bonds is 4. The van der Waals surface area contributed by atoms with Gasteiger partial charge in [-0.25, -0.2) is 15.0 Å². The fourth-order valence-corrected chi connectivity index (χ4v) is 2.55. The number of likely N-dealkylation sites (N-methyl/N-ethyl adjacent to an activating group) is 1. The molecule has 96 valence electrons. The summed E-state index contributed by atoms with van der Waals surface area (Å²) in [5.41, 5.74) is 7.35. The Labute approximate surface area is 111 Å². The van der Waals surface area contributed by atoms with E-state index in [4.69, 9.17) is 5.73 Å². The van der Waals surface area contributed by atoms with Crippen LogP contribution in [0.2, 0.25) is 0 Å². The van der Waals surface area contributed by atoms with E-state index in [2.05, 4.69) is 21.9 Å². The van der Waals surface area contributed by atoms with Crippen molar-refractivity contribution in [2.45, 2.75) is 13.8 Å². The molecule has 0 spiro atoms. The molecule has 6 heteroatoms. The summed E-state index contributed by atoms with van der Waals surface area (Å²) in [7, 11) is 1.94. The second-order valence-corrected chi connectivity index (χ2v) is 5.50. The van der Waals surface area contributed by atoms with Crippen molar-refractivity contribution in [1.82, 2.24) is 15.0 Å². The first kappa shape index (κ1) is 12.9. The molecule has 2 aromatic heterocycles. The summed E-state index contributed by atoms with van der Waals surface area (Å²) in [6.45, 7) is 5.38. The highest BCUT2D eigenvalue weighted by Gasteiger charge is 2.11. The van der Waals surface area contributed by atoms with Gasteiger partial charge in [-0.3, -0.25) is 0 Å². The average molecular weight is 263 g/mol. The number of aryl methyl sites for hydroxylation is 2. The molecule has 0 saturated heterocycles. The van der Waals surface area contributed by atoms with Crippen LogP contribution in [-0.4, -0.2) is 35.1 Å². The molecule has 0 bridgehead atoms. The Morgan fingerprint density at radius 3 is 2.72 bits per heavy atom. The van der Waals surface area contributed by atoms with E-state index >= 15 is 0 Å². The lowest BCUT2D eigenvalue weighted by molar-refractivity contribution is 0.846. The number of hydrogen-bond acceptors (Lipinski definition) is 6. The van der Waals surface area contributed by atoms with Gasteiger partial charge in [0.15, 0.2) is 0 Å². The quantitative estimate of drug-likeness (QED) is 0.907. The predicted octanol–water partition coefficient (Wildman–Crippen LogP) is 1.61. The van der Waals surface area contributed by atoms with Crippen LogP contribution in [0.5, 0.6) is 0 Å². The first-order chi connectivity index (χ1) is 8.61. The van der Waals surface area contributed by atoms with Crippen LogP contribution in [0.25, 0.3) is 11.4 Å². The molecule has 2 aromatic rings. The summed E-state index contributed by atoms with van der Waals surface area (Å²) in [6.07, 6.45) is 1.76. The number of nitrogens with two attached hydrogens (primary N) is 1. The SMILES string of the molecule is Cc1nc(-c2ccnc(N(C)CCN)n2)c(C)s1. The molecule has 0 radical (unpaired) electrons. The Balaban J connectivity index is 2.35. The fraction of sp³-hybridized carbons (Fsp3) is 0.417. The second-order valence-electron chi connectivity index (χ2n) is 4.09. The number of thiazole rings is 1. The van der Waals surface area contributed by atoms with E-state index < -0.39 is 0 Å². The van der Waals surface area contributed by atoms with Crippen molar-refractivity contribution < 1.29 is 0 Å². The summed E-state index contributed by atoms with van der Waals surface area (Å²) < 4.78 is 0. The standard InChI is InChI=1S/C12H17N5S/c1-8-11(15-9(2)18-8)10-4-6-14-12(16-10)17(3)7-5-13/h4,6H,5,7,13H2,1-3H3. The average Bonchev–Trinajstić information content (AvgIpc) is 2.69. The van der Waals surface area contributed by atoms with Gasteiger partial charge in [0, 0.05) is 31.2 Å². The van der Waals surface area contributed by atoms with Gasteiger partial charge in [-0.2, -0.15) is 0 Å². The molecule has 2 rings (SSSR count). The zero-order valence-electron chi connectivity index (χ0n) is 10.8. The van der Waals surface area contributed by atoms with Gasteiger partial charge < -0.3 is 10.6 Å². The Morgan fingerprint density at radius 2 is 2.11 bits per heavy atom. The second kappa shape index (κ2) is 5.41. The highest BCUT2D eigenvalue weighted by molar-refractivity contribution is 7.11. The minimum Gasteiger partial charge on any atom is -0.343 e. The zero-order valence-corrected chi connectivity index (χ0v) is 11.7. The van der Waals surface area contributed by atoms with E-state index in [0.29, 0.717) is 12.5 Å². The molecule has 0 aromatic carbocycles. The number of aromatic nitrogens is 3. The van der Waals surface area contributed by atoms with Gasteiger partial charge >= 0.3 is 0 Å². The van der Waals surface area contributed by atoms with Crippen molar-refractivity contribution in [2.24, 2.45) is 5.73 Å². The maximum atomic E-state index is 5.54. The molecule has 2 heterocycles. The Hall–Kier alpha value is -1.53. The van der Waals surface area contributed by atoms with Gasteiger partial charge in [-0.1, -0.05) is 0 Å². The van der Waals surface area contributed by atoms with E-state index in [1.807, 2.05) is 24.9 Å². The normalized spacial score (nSPS) is 10.7. The van der Waals surface area contributed by atoms with Crippen LogP contribution in [0.3, 0.4) is 0 Å². The molecule has 0 unspecified atom stereocenters. The molecular weight excluding hydrogens is 246 g/mol. The molecule has 0 aliphatic rings. The molecule has 0 aliphatic heterocycles. The smallest absolute Gasteiger partial charge is 0.225 e. The van der Waals surface area contributed by atoms with Crippen LogP contribution < -0.4 is 10.6 Å². The largest absolute Gasteiger partial charge is 0.343 e. The first-order valence-electron chi connectivity index (χ1n) is 5.80. The molecule has 0 atom stereocenters. The first-order valence-corrected chi connectivity index (χ1v) is 6.62. The third-order valence-corrected chi connectivity index (χ3v) is 3.48. The lowest BCUT2D eigenvalue weighted by Gasteiger charge is -2.15. The Morgan fingerprint density at radius 1 is 1.33 bits per heavy atom. The molecule has 5 nitrogen and oxygen atoms in total. The third kappa shape index (κ3) is 2.65. The molecular formula is C12H17N5S. The van der Waals surface area contributed by atoms with Gasteiger partial charge in [-0.05, 0) is 19.9 Å². The van der Waals surface area contributed by atoms with Crippen molar-refractivity contribution in [3.05, 3.63) is 22.1 Å². The monoisotopic (exact) mass is 263 g/mol. The highest BCUT2D eigenvalue weighted by Crippen LogP contribution is 2.26. The van der Waals surface area contributed by atoms with E-state index in [1.54, 1.807) is 17.5 Å². The van der Waals surface area contributed by atoms with Crippen LogP contribution >= 0.6 is 11.3 Å². The maximum absolute atomic E-state index is 5.54. The molecule has 0 fully saturated rings. The van der Waals surface area contributed by atoms with Gasteiger partial charge in [0.1, 0.15) is 5.69 Å². The van der Waals surface area contributed by atoms with Crippen LogP contribution in [0.1, 0.15) is 9.88 Å². The Bertz CT molecular complexity index is 537. The van der Waals surface area contributed by atoms with Crippen molar-refractivity contribution in [1.29, 1.82) is 0 Å². The van der Waals surface area contributed by atoms with E-state index in [0.717, 1.165) is 22.9 Å². The van der Waals surface area contributed by atoms with Crippen molar-refractivity contribution >= 4 is 17.3 Å². The Kier molecular flexibility index (Phi) is 3.88. The number of hydrogen-bond donors (Lipinski definition) is 1. The molecule has 0 amide bonds. The van der Waals surface area contributed by atoms with E-state index in [-0.39, 0.29) is 0 Å². The van der Waals surface area contributed by atoms with Crippen molar-refractivity contribution in [3.8, 4) is 11.4 Å². The lowest BCUT2D eigenvalue weighted by atomic mass is 10.3. The van der Waals surface area contributed by atoms with Crippen LogP contribution in [0.4, 0.5) is 5.95 Å². The van der Waals surface area contributed by atoms with Gasteiger partial charge in [0.05, 0.1) is 10.7 Å². The summed E-state index contributed by atoms with van der Waals surface area (Å²) >= 11 is 1.68. The molecule has 0 aliphatic carbocycles. The summed E-state index contributed by atoms with van der Waals surface area (Å²) in [4.78, 5) is 16.4. The van der Waals surface area contributed by atoms with Crippen LogP contribution in [0.15, 0.2) is 12.3 Å². The van der Waals surface area contributed by atoms with Gasteiger partial charge in [0.2, 0.25) is 5.95 Å². The van der Waals surface area contributed by atoms with Gasteiger partial charge in [0.25, 0.3) is 0 Å². The zero-order chi connectivity index (χ0) is 13.1. The van der Waals surface area contributed by atoms with Crippen molar-refractivity contribution in [3.63, 3.8) is 0 Å². The maximum Gasteiger partial charge on any atom is 0.225 e. The minimum absolute atomic E-state index is 0.582. The summed E-state index contributed by atoms with van der Waals surface area (Å²) in [6, 6.07) is 1.89. The summed E-state index contributed by atoms with van der Waals surface area (Å²) in [5, 5.41) is 1.05. The molecule has 0 saturated carbocycles. The molecule has 2 N–H and O–H groups in total. The molecule has 18 heavy (non-hydrogen) atoms. The van der Waals surface area contributed by atoms with E-state index in [9.17, 15) is 0 Å². The minimum atomic E-state index is 0.582.